The number of hydrogen-bond donors (Lipinski definition) is 3. The first kappa shape index (κ1) is 17.0. The Labute approximate surface area is 145 Å². The van der Waals surface area contributed by atoms with Crippen LogP contribution in [0.15, 0.2) is 30.4 Å². The van der Waals surface area contributed by atoms with Gasteiger partial charge >= 0.3 is 5.97 Å². The van der Waals surface area contributed by atoms with Crippen LogP contribution in [0.5, 0.6) is 5.75 Å². The van der Waals surface area contributed by atoms with Crippen molar-refractivity contribution in [3.63, 3.8) is 0 Å². The molecule has 1 heterocycles. The summed E-state index contributed by atoms with van der Waals surface area (Å²) >= 11 is 0. The highest BCUT2D eigenvalue weighted by atomic mass is 16.5. The van der Waals surface area contributed by atoms with Crippen LogP contribution in [0.1, 0.15) is 26.7 Å². The lowest BCUT2D eigenvalue weighted by Gasteiger charge is -2.31. The summed E-state index contributed by atoms with van der Waals surface area (Å²) in [6.45, 7) is 3.34. The second-order valence-corrected chi connectivity index (χ2v) is 6.76. The Balaban J connectivity index is 1.77. The van der Waals surface area contributed by atoms with Crippen LogP contribution in [0.2, 0.25) is 0 Å². The maximum Gasteiger partial charge on any atom is 0.307 e. The third-order valence-corrected chi connectivity index (χ3v) is 4.49. The molecule has 1 aliphatic heterocycles. The van der Waals surface area contributed by atoms with Gasteiger partial charge in [0.2, 0.25) is 5.91 Å². The Morgan fingerprint density at radius 3 is 2.60 bits per heavy atom. The monoisotopic (exact) mass is 344 g/mol. The van der Waals surface area contributed by atoms with Crippen molar-refractivity contribution >= 4 is 29.2 Å². The summed E-state index contributed by atoms with van der Waals surface area (Å²) in [5, 5.41) is 14.8. The topological polar surface area (TPSA) is 105 Å². The lowest BCUT2D eigenvalue weighted by atomic mass is 9.82. The molecule has 132 valence electrons. The van der Waals surface area contributed by atoms with E-state index < -0.39 is 23.4 Å². The van der Waals surface area contributed by atoms with E-state index >= 15 is 0 Å². The van der Waals surface area contributed by atoms with E-state index in [4.69, 9.17) is 4.74 Å². The molecule has 25 heavy (non-hydrogen) atoms. The molecule has 3 N–H and O–H groups in total. The Hall–Kier alpha value is -2.83. The number of carbonyl (C=O) groups excluding carboxylic acids is 2. The zero-order chi connectivity index (χ0) is 18.2. The minimum absolute atomic E-state index is 0.271. The normalized spacial score (nSPS) is 23.8. The summed E-state index contributed by atoms with van der Waals surface area (Å²) in [7, 11) is 0. The fraction of sp³-hybridized carbons (Fsp3) is 0.389. The number of carboxylic acids is 1. The summed E-state index contributed by atoms with van der Waals surface area (Å²) in [6.07, 6.45) is 4.35. The van der Waals surface area contributed by atoms with Gasteiger partial charge in [-0.05, 0) is 44.9 Å². The van der Waals surface area contributed by atoms with Crippen molar-refractivity contribution < 1.29 is 24.2 Å². The Morgan fingerprint density at radius 2 is 1.92 bits per heavy atom. The fourth-order valence-corrected chi connectivity index (χ4v) is 3.00. The van der Waals surface area contributed by atoms with E-state index in [0.717, 1.165) is 0 Å². The first-order valence-electron chi connectivity index (χ1n) is 8.11. The van der Waals surface area contributed by atoms with Crippen LogP contribution in [0.4, 0.5) is 11.4 Å². The van der Waals surface area contributed by atoms with E-state index in [1.807, 2.05) is 6.08 Å². The van der Waals surface area contributed by atoms with E-state index in [-0.39, 0.29) is 11.8 Å². The molecule has 0 saturated carbocycles. The number of nitrogens with one attached hydrogen (secondary N) is 2. The molecular weight excluding hydrogens is 324 g/mol. The van der Waals surface area contributed by atoms with E-state index in [1.54, 1.807) is 38.1 Å². The van der Waals surface area contributed by atoms with E-state index in [0.29, 0.717) is 30.0 Å². The number of carboxylic acid groups (broad SMARTS) is 1. The van der Waals surface area contributed by atoms with Crippen LogP contribution in [0.25, 0.3) is 0 Å². The van der Waals surface area contributed by atoms with Crippen molar-refractivity contribution in [1.82, 2.24) is 0 Å². The average Bonchev–Trinajstić information content (AvgIpc) is 2.56. The number of ether oxygens (including phenoxy) is 1. The highest BCUT2D eigenvalue weighted by Crippen LogP contribution is 2.36. The van der Waals surface area contributed by atoms with Crippen LogP contribution in [0.3, 0.4) is 0 Å². The standard InChI is InChI=1S/C18H20N2O5/c1-18(2)17(24)20-13-9-10(7-8-14(13)25-18)19-15(21)11-5-3-4-6-12(11)16(22)23/h3-4,7-9,11-12H,5-6H2,1-2H3,(H,19,21)(H,20,24)(H,22,23)/t11-,12-/m1/s1. The highest BCUT2D eigenvalue weighted by molar-refractivity contribution is 6.02. The van der Waals surface area contributed by atoms with Crippen molar-refractivity contribution in [2.24, 2.45) is 11.8 Å². The molecule has 0 spiro atoms. The molecule has 0 fully saturated rings. The number of allylic oxidation sites excluding steroid dienone is 2. The zero-order valence-corrected chi connectivity index (χ0v) is 14.0. The lowest BCUT2D eigenvalue weighted by Crippen LogP contribution is -2.45. The van der Waals surface area contributed by atoms with Crippen LogP contribution in [-0.2, 0) is 14.4 Å². The highest BCUT2D eigenvalue weighted by Gasteiger charge is 2.36. The molecule has 1 aromatic rings. The molecule has 2 atom stereocenters. The first-order valence-corrected chi connectivity index (χ1v) is 8.11. The van der Waals surface area contributed by atoms with Crippen molar-refractivity contribution in [1.29, 1.82) is 0 Å². The summed E-state index contributed by atoms with van der Waals surface area (Å²) in [6, 6.07) is 4.94. The maximum atomic E-state index is 12.5. The number of carbonyl (C=O) groups is 3. The summed E-state index contributed by atoms with van der Waals surface area (Å²) in [5.41, 5.74) is -0.00697. The Morgan fingerprint density at radius 1 is 1.24 bits per heavy atom. The SMILES string of the molecule is CC1(C)Oc2ccc(NC(=O)[C@@H]3CC=CC[C@H]3C(=O)O)cc2NC1=O. The first-order chi connectivity index (χ1) is 11.8. The molecule has 2 aliphatic rings. The van der Waals surface area contributed by atoms with Gasteiger partial charge < -0.3 is 20.5 Å². The summed E-state index contributed by atoms with van der Waals surface area (Å²) in [5.74, 6) is -2.42. The predicted octanol–water partition coefficient (Wildman–Crippen LogP) is 2.40. The molecule has 1 aliphatic carbocycles. The maximum absolute atomic E-state index is 12.5. The third kappa shape index (κ3) is 3.35. The number of amides is 2. The van der Waals surface area contributed by atoms with E-state index in [2.05, 4.69) is 10.6 Å². The average molecular weight is 344 g/mol. The number of aliphatic carboxylic acids is 1. The number of benzene rings is 1. The molecular formula is C18H20N2O5. The lowest BCUT2D eigenvalue weighted by molar-refractivity contribution is -0.146. The zero-order valence-electron chi connectivity index (χ0n) is 14.0. The van der Waals surface area contributed by atoms with Crippen molar-refractivity contribution in [3.8, 4) is 5.75 Å². The van der Waals surface area contributed by atoms with Crippen molar-refractivity contribution in [2.75, 3.05) is 10.6 Å². The van der Waals surface area contributed by atoms with Gasteiger partial charge in [-0.15, -0.1) is 0 Å². The van der Waals surface area contributed by atoms with Crippen LogP contribution in [0, 0.1) is 11.8 Å². The van der Waals surface area contributed by atoms with Gasteiger partial charge in [0.05, 0.1) is 17.5 Å². The number of anilines is 2. The van der Waals surface area contributed by atoms with Crippen LogP contribution in [-0.4, -0.2) is 28.5 Å². The number of fused-ring (bicyclic) bond motifs is 1. The van der Waals surface area contributed by atoms with Crippen molar-refractivity contribution in [3.05, 3.63) is 30.4 Å². The van der Waals surface area contributed by atoms with Gasteiger partial charge in [0, 0.05) is 5.69 Å². The quantitative estimate of drug-likeness (QED) is 0.730. The molecule has 1 aromatic carbocycles. The van der Waals surface area contributed by atoms with Gasteiger partial charge in [-0.3, -0.25) is 14.4 Å². The minimum atomic E-state index is -0.974. The largest absolute Gasteiger partial charge is 0.481 e. The number of rotatable bonds is 3. The second kappa shape index (κ2) is 6.23. The number of hydrogen-bond acceptors (Lipinski definition) is 4. The summed E-state index contributed by atoms with van der Waals surface area (Å²) in [4.78, 5) is 35.8. The van der Waals surface area contributed by atoms with Crippen molar-refractivity contribution in [2.45, 2.75) is 32.3 Å². The smallest absolute Gasteiger partial charge is 0.307 e. The van der Waals surface area contributed by atoms with Gasteiger partial charge in [0.25, 0.3) is 5.91 Å². The minimum Gasteiger partial charge on any atom is -0.481 e. The van der Waals surface area contributed by atoms with Crippen LogP contribution >= 0.6 is 0 Å². The second-order valence-electron chi connectivity index (χ2n) is 6.76. The Kier molecular flexibility index (Phi) is 4.24. The van der Waals surface area contributed by atoms with Gasteiger partial charge in [-0.2, -0.15) is 0 Å². The van der Waals surface area contributed by atoms with E-state index in [1.165, 1.54) is 0 Å². The molecule has 7 nitrogen and oxygen atoms in total. The molecule has 3 rings (SSSR count). The predicted molar refractivity (Wildman–Crippen MR) is 91.4 cm³/mol. The van der Waals surface area contributed by atoms with E-state index in [9.17, 15) is 19.5 Å². The molecule has 7 heteroatoms. The fourth-order valence-electron chi connectivity index (χ4n) is 3.00. The molecule has 0 radical (unpaired) electrons. The molecule has 0 saturated heterocycles. The van der Waals surface area contributed by atoms with Gasteiger partial charge in [0.1, 0.15) is 5.75 Å². The van der Waals surface area contributed by atoms with Gasteiger partial charge in [0.15, 0.2) is 5.60 Å². The molecule has 0 aromatic heterocycles. The van der Waals surface area contributed by atoms with Gasteiger partial charge in [-0.25, -0.2) is 0 Å². The molecule has 0 unspecified atom stereocenters. The molecule has 2 amide bonds. The molecule has 0 bridgehead atoms. The third-order valence-electron chi connectivity index (χ3n) is 4.49. The Bertz CT molecular complexity index is 769. The summed E-state index contributed by atoms with van der Waals surface area (Å²) < 4.78 is 5.64. The van der Waals surface area contributed by atoms with Crippen LogP contribution < -0.4 is 15.4 Å². The van der Waals surface area contributed by atoms with Gasteiger partial charge in [-0.1, -0.05) is 12.2 Å².